The smallest absolute Gasteiger partial charge is 0.0431 e. The maximum Gasteiger partial charge on any atom is 0.0431 e. The molecule has 2 nitrogen and oxygen atoms in total. The summed E-state index contributed by atoms with van der Waals surface area (Å²) in [5.74, 6) is 1.83. The van der Waals surface area contributed by atoms with E-state index in [0.717, 1.165) is 37.5 Å². The molecule has 2 aromatic rings. The van der Waals surface area contributed by atoms with Gasteiger partial charge in [-0.05, 0) is 85.5 Å². The summed E-state index contributed by atoms with van der Waals surface area (Å²) in [6.45, 7) is 14.2. The zero-order chi connectivity index (χ0) is 22.5. The predicted octanol–water partition coefficient (Wildman–Crippen LogP) is 7.07. The Morgan fingerprint density at radius 3 is 1.06 bits per heavy atom. The van der Waals surface area contributed by atoms with Crippen LogP contribution in [-0.2, 0) is 25.7 Å². The van der Waals surface area contributed by atoms with Gasteiger partial charge < -0.3 is 9.80 Å². The molecule has 0 saturated carbocycles. The van der Waals surface area contributed by atoms with Crippen LogP contribution in [0.4, 0.5) is 11.4 Å². The highest BCUT2D eigenvalue weighted by molar-refractivity contribution is 5.61. The van der Waals surface area contributed by atoms with Crippen molar-refractivity contribution in [1.82, 2.24) is 0 Å². The van der Waals surface area contributed by atoms with Gasteiger partial charge in [0.2, 0.25) is 0 Å². The second kappa shape index (κ2) is 10.8. The van der Waals surface area contributed by atoms with Crippen LogP contribution < -0.4 is 9.80 Å². The summed E-state index contributed by atoms with van der Waals surface area (Å²) >= 11 is 0. The molecule has 0 amide bonds. The van der Waals surface area contributed by atoms with Gasteiger partial charge in [-0.3, -0.25) is 0 Å². The van der Waals surface area contributed by atoms with Gasteiger partial charge in [-0.15, -0.1) is 0 Å². The van der Waals surface area contributed by atoms with Gasteiger partial charge in [-0.2, -0.15) is 0 Å². The molecular weight excluding hydrogens is 388 g/mol. The summed E-state index contributed by atoms with van der Waals surface area (Å²) in [6, 6.07) is 13.9. The van der Waals surface area contributed by atoms with Crippen molar-refractivity contribution in [3.8, 4) is 0 Å². The summed E-state index contributed by atoms with van der Waals surface area (Å²) in [5.41, 5.74) is 9.28. The van der Waals surface area contributed by atoms with Gasteiger partial charge in [0.05, 0.1) is 0 Å². The van der Waals surface area contributed by atoms with Crippen LogP contribution >= 0.6 is 0 Å². The molecule has 2 aliphatic rings. The molecule has 2 heterocycles. The Bertz CT molecular complexity index is 752. The van der Waals surface area contributed by atoms with Gasteiger partial charge in [-0.25, -0.2) is 0 Å². The van der Waals surface area contributed by atoms with Crippen molar-refractivity contribution < 1.29 is 0 Å². The highest BCUT2D eigenvalue weighted by Crippen LogP contribution is 2.38. The summed E-state index contributed by atoms with van der Waals surface area (Å²) in [6.07, 6.45) is 10.0. The van der Waals surface area contributed by atoms with E-state index in [1.54, 1.807) is 11.4 Å². The van der Waals surface area contributed by atoms with Gasteiger partial charge >= 0.3 is 0 Å². The maximum absolute atomic E-state index is 2.72. The molecule has 0 N–H and O–H groups in total. The van der Waals surface area contributed by atoms with E-state index in [4.69, 9.17) is 0 Å². The quantitative estimate of drug-likeness (QED) is 0.462. The molecule has 2 aromatic carbocycles. The number of para-hydroxylation sites is 2. The molecule has 4 rings (SSSR count). The summed E-state index contributed by atoms with van der Waals surface area (Å²) < 4.78 is 0. The third kappa shape index (κ3) is 4.70. The van der Waals surface area contributed by atoms with Gasteiger partial charge in [0.15, 0.2) is 0 Å². The highest BCUT2D eigenvalue weighted by Gasteiger charge is 2.31. The molecule has 2 saturated heterocycles. The van der Waals surface area contributed by atoms with Gasteiger partial charge in [-0.1, -0.05) is 64.1 Å². The van der Waals surface area contributed by atoms with Crippen LogP contribution in [-0.4, -0.2) is 26.2 Å². The van der Waals surface area contributed by atoms with Crippen molar-refractivity contribution in [1.29, 1.82) is 0 Å². The third-order valence-electron chi connectivity index (χ3n) is 8.31. The largest absolute Gasteiger partial charge is 0.371 e. The topological polar surface area (TPSA) is 6.48 Å². The van der Waals surface area contributed by atoms with Gasteiger partial charge in [0.25, 0.3) is 0 Å². The Kier molecular flexibility index (Phi) is 7.81. The first kappa shape index (κ1) is 23.2. The SMILES string of the molecule is CCc1cccc(CC)c1N1CCC(C2CCN(c3c(CC)cccc3CC)CC2)CC1. The standard InChI is InChI=1S/C30H44N2/c1-5-23-11-9-12-24(6-2)29(23)31-19-15-27(16-20-31)28-17-21-32(22-18-28)30-25(7-3)13-10-14-26(30)8-4/h9-14,27-28H,5-8,15-22H2,1-4H3. The molecule has 0 radical (unpaired) electrons. The molecule has 174 valence electrons. The molecule has 0 atom stereocenters. The van der Waals surface area contributed by atoms with Gasteiger partial charge in [0, 0.05) is 37.6 Å². The number of nitrogens with zero attached hydrogens (tertiary/aromatic N) is 2. The Balaban J connectivity index is 1.37. The van der Waals surface area contributed by atoms with Gasteiger partial charge in [0.1, 0.15) is 0 Å². The lowest BCUT2D eigenvalue weighted by Gasteiger charge is -2.43. The first-order chi connectivity index (χ1) is 15.7. The number of benzene rings is 2. The van der Waals surface area contributed by atoms with Crippen molar-refractivity contribution in [2.24, 2.45) is 11.8 Å². The van der Waals surface area contributed by atoms with Crippen LogP contribution in [0.3, 0.4) is 0 Å². The molecule has 2 heteroatoms. The lowest BCUT2D eigenvalue weighted by molar-refractivity contribution is 0.233. The van der Waals surface area contributed by atoms with Crippen LogP contribution in [0.25, 0.3) is 0 Å². The van der Waals surface area contributed by atoms with Crippen LogP contribution in [0.5, 0.6) is 0 Å². The highest BCUT2D eigenvalue weighted by atomic mass is 15.1. The Morgan fingerprint density at radius 1 is 0.531 bits per heavy atom. The van der Waals surface area contributed by atoms with E-state index in [0.29, 0.717) is 0 Å². The Morgan fingerprint density at radius 2 is 0.812 bits per heavy atom. The fourth-order valence-electron chi connectivity index (χ4n) is 6.43. The first-order valence-electron chi connectivity index (χ1n) is 13.4. The lowest BCUT2D eigenvalue weighted by atomic mass is 9.78. The van der Waals surface area contributed by atoms with Crippen molar-refractivity contribution in [3.63, 3.8) is 0 Å². The fraction of sp³-hybridized carbons (Fsp3) is 0.600. The van der Waals surface area contributed by atoms with E-state index in [9.17, 15) is 0 Å². The number of aryl methyl sites for hydroxylation is 4. The van der Waals surface area contributed by atoms with Crippen LogP contribution in [0.15, 0.2) is 36.4 Å². The minimum Gasteiger partial charge on any atom is -0.371 e. The Labute approximate surface area is 197 Å². The molecule has 2 aliphatic heterocycles. The number of hydrogen-bond acceptors (Lipinski definition) is 2. The van der Waals surface area contributed by atoms with E-state index in [1.165, 1.54) is 74.1 Å². The second-order valence-electron chi connectivity index (χ2n) is 9.91. The molecule has 0 bridgehead atoms. The summed E-state index contributed by atoms with van der Waals surface area (Å²) in [5, 5.41) is 0. The molecular formula is C30H44N2. The van der Waals surface area contributed by atoms with E-state index in [1.807, 2.05) is 0 Å². The monoisotopic (exact) mass is 432 g/mol. The van der Waals surface area contributed by atoms with Crippen LogP contribution in [0, 0.1) is 11.8 Å². The van der Waals surface area contributed by atoms with E-state index >= 15 is 0 Å². The lowest BCUT2D eigenvalue weighted by Crippen LogP contribution is -2.41. The number of rotatable bonds is 7. The Hall–Kier alpha value is -1.96. The van der Waals surface area contributed by atoms with E-state index < -0.39 is 0 Å². The van der Waals surface area contributed by atoms with Crippen molar-refractivity contribution in [2.45, 2.75) is 79.1 Å². The molecule has 0 aromatic heterocycles. The second-order valence-corrected chi connectivity index (χ2v) is 9.91. The summed E-state index contributed by atoms with van der Waals surface area (Å²) in [7, 11) is 0. The maximum atomic E-state index is 2.72. The molecule has 2 fully saturated rings. The molecule has 0 aliphatic carbocycles. The predicted molar refractivity (Wildman–Crippen MR) is 140 cm³/mol. The molecule has 0 spiro atoms. The number of anilines is 2. The van der Waals surface area contributed by atoms with Crippen LogP contribution in [0.1, 0.15) is 75.6 Å². The zero-order valence-corrected chi connectivity index (χ0v) is 21.0. The normalized spacial score (nSPS) is 18.4. The minimum absolute atomic E-state index is 0.916. The molecule has 0 unspecified atom stereocenters. The van der Waals surface area contributed by atoms with E-state index in [2.05, 4.69) is 73.9 Å². The van der Waals surface area contributed by atoms with Crippen molar-refractivity contribution in [3.05, 3.63) is 58.7 Å². The minimum atomic E-state index is 0.916. The number of hydrogen-bond donors (Lipinski definition) is 0. The van der Waals surface area contributed by atoms with Crippen molar-refractivity contribution >= 4 is 11.4 Å². The van der Waals surface area contributed by atoms with Crippen molar-refractivity contribution in [2.75, 3.05) is 36.0 Å². The fourth-order valence-corrected chi connectivity index (χ4v) is 6.43. The summed E-state index contributed by atoms with van der Waals surface area (Å²) in [4.78, 5) is 5.43. The average Bonchev–Trinajstić information content (AvgIpc) is 2.87. The number of piperidine rings is 2. The average molecular weight is 433 g/mol. The first-order valence-corrected chi connectivity index (χ1v) is 13.4. The van der Waals surface area contributed by atoms with Crippen LogP contribution in [0.2, 0.25) is 0 Å². The molecule has 32 heavy (non-hydrogen) atoms. The zero-order valence-electron chi connectivity index (χ0n) is 21.0. The third-order valence-corrected chi connectivity index (χ3v) is 8.31. The van der Waals surface area contributed by atoms with E-state index in [-0.39, 0.29) is 0 Å².